The maximum atomic E-state index is 13.0. The topological polar surface area (TPSA) is 46.2 Å². The molecule has 0 aliphatic carbocycles. The van der Waals surface area contributed by atoms with E-state index in [4.69, 9.17) is 0 Å². The first-order valence-corrected chi connectivity index (χ1v) is 6.32. The summed E-state index contributed by atoms with van der Waals surface area (Å²) >= 11 is 0. The lowest BCUT2D eigenvalue weighted by Crippen LogP contribution is -2.25. The van der Waals surface area contributed by atoms with Crippen LogP contribution in [0.4, 0.5) is 4.39 Å². The second-order valence-corrected chi connectivity index (χ2v) is 5.12. The number of benzene rings is 1. The lowest BCUT2D eigenvalue weighted by Gasteiger charge is -2.08. The predicted molar refractivity (Wildman–Crippen MR) is 61.1 cm³/mol. The smallest absolute Gasteiger partial charge is 0.211 e. The molecule has 0 saturated heterocycles. The van der Waals surface area contributed by atoms with Crippen LogP contribution in [0.15, 0.2) is 35.7 Å². The summed E-state index contributed by atoms with van der Waals surface area (Å²) in [5.41, 5.74) is 0.521. The molecule has 0 saturated carbocycles. The SMILES string of the molecule is C=CCCNS(=O)(=O)c1cc(F)ccc1C. The first-order chi connectivity index (χ1) is 7.47. The lowest BCUT2D eigenvalue weighted by atomic mass is 10.2. The molecule has 0 bridgehead atoms. The molecule has 1 aromatic rings. The molecule has 0 amide bonds. The quantitative estimate of drug-likeness (QED) is 0.635. The van der Waals surface area contributed by atoms with E-state index in [2.05, 4.69) is 11.3 Å². The predicted octanol–water partition coefficient (Wildman–Crippen LogP) is 1.99. The Hall–Kier alpha value is -1.20. The molecule has 3 nitrogen and oxygen atoms in total. The van der Waals surface area contributed by atoms with Crippen LogP contribution in [0.5, 0.6) is 0 Å². The van der Waals surface area contributed by atoms with E-state index in [1.165, 1.54) is 12.1 Å². The first kappa shape index (κ1) is 12.9. The van der Waals surface area contributed by atoms with Gasteiger partial charge in [-0.15, -0.1) is 6.58 Å². The number of sulfonamides is 1. The van der Waals surface area contributed by atoms with Crippen molar-refractivity contribution in [2.45, 2.75) is 18.2 Å². The third-order valence-corrected chi connectivity index (χ3v) is 3.68. The van der Waals surface area contributed by atoms with Crippen LogP contribution in [0, 0.1) is 12.7 Å². The molecule has 16 heavy (non-hydrogen) atoms. The van der Waals surface area contributed by atoms with Crippen LogP contribution in [-0.2, 0) is 10.0 Å². The molecule has 0 radical (unpaired) electrons. The Labute approximate surface area is 95.0 Å². The summed E-state index contributed by atoms with van der Waals surface area (Å²) in [6.07, 6.45) is 2.15. The van der Waals surface area contributed by atoms with Crippen molar-refractivity contribution >= 4 is 10.0 Å². The van der Waals surface area contributed by atoms with Crippen molar-refractivity contribution in [3.8, 4) is 0 Å². The van der Waals surface area contributed by atoms with Crippen molar-refractivity contribution in [3.05, 3.63) is 42.2 Å². The normalized spacial score (nSPS) is 11.4. The van der Waals surface area contributed by atoms with Crippen molar-refractivity contribution in [3.63, 3.8) is 0 Å². The number of halogens is 1. The number of nitrogens with one attached hydrogen (secondary N) is 1. The van der Waals surface area contributed by atoms with Gasteiger partial charge in [0.05, 0.1) is 4.90 Å². The molecule has 0 aromatic heterocycles. The van der Waals surface area contributed by atoms with E-state index in [-0.39, 0.29) is 11.4 Å². The van der Waals surface area contributed by atoms with Crippen molar-refractivity contribution in [1.82, 2.24) is 4.72 Å². The van der Waals surface area contributed by atoms with Gasteiger partial charge in [0.25, 0.3) is 0 Å². The fraction of sp³-hybridized carbons (Fsp3) is 0.273. The van der Waals surface area contributed by atoms with Gasteiger partial charge in [-0.1, -0.05) is 12.1 Å². The van der Waals surface area contributed by atoms with Crippen LogP contribution >= 0.6 is 0 Å². The maximum absolute atomic E-state index is 13.0. The zero-order chi connectivity index (χ0) is 12.2. The molecule has 1 rings (SSSR count). The van der Waals surface area contributed by atoms with Crippen molar-refractivity contribution < 1.29 is 12.8 Å². The van der Waals surface area contributed by atoms with Crippen molar-refractivity contribution in [1.29, 1.82) is 0 Å². The van der Waals surface area contributed by atoms with Gasteiger partial charge < -0.3 is 0 Å². The molecule has 0 aliphatic rings. The van der Waals surface area contributed by atoms with Crippen LogP contribution in [0.2, 0.25) is 0 Å². The molecule has 1 N–H and O–H groups in total. The van der Waals surface area contributed by atoms with E-state index in [1.54, 1.807) is 13.0 Å². The van der Waals surface area contributed by atoms with Crippen LogP contribution in [0.3, 0.4) is 0 Å². The number of hydrogen-bond donors (Lipinski definition) is 1. The summed E-state index contributed by atoms with van der Waals surface area (Å²) in [5.74, 6) is -0.560. The highest BCUT2D eigenvalue weighted by molar-refractivity contribution is 7.89. The van der Waals surface area contributed by atoms with Crippen molar-refractivity contribution in [2.24, 2.45) is 0 Å². The molecule has 0 atom stereocenters. The van der Waals surface area contributed by atoms with Crippen LogP contribution in [-0.4, -0.2) is 15.0 Å². The summed E-state index contributed by atoms with van der Waals surface area (Å²) in [7, 11) is -3.62. The van der Waals surface area contributed by atoms with Crippen molar-refractivity contribution in [2.75, 3.05) is 6.54 Å². The van der Waals surface area contributed by atoms with Gasteiger partial charge in [-0.3, -0.25) is 0 Å². The fourth-order valence-corrected chi connectivity index (χ4v) is 2.54. The molecular weight excluding hydrogens is 229 g/mol. The third-order valence-electron chi connectivity index (χ3n) is 2.08. The Bertz CT molecular complexity index is 483. The van der Waals surface area contributed by atoms with Crippen LogP contribution < -0.4 is 4.72 Å². The highest BCUT2D eigenvalue weighted by atomic mass is 32.2. The van der Waals surface area contributed by atoms with Crippen LogP contribution in [0.25, 0.3) is 0 Å². The minimum Gasteiger partial charge on any atom is -0.211 e. The van der Waals surface area contributed by atoms with E-state index in [1.807, 2.05) is 0 Å². The summed E-state index contributed by atoms with van der Waals surface area (Å²) in [6.45, 7) is 5.38. The Morgan fingerprint density at radius 3 is 2.81 bits per heavy atom. The van der Waals surface area contributed by atoms with Gasteiger partial charge in [-0.05, 0) is 31.0 Å². The Kier molecular flexibility index (Phi) is 4.20. The van der Waals surface area contributed by atoms with Gasteiger partial charge in [-0.2, -0.15) is 0 Å². The second kappa shape index (κ2) is 5.23. The lowest BCUT2D eigenvalue weighted by molar-refractivity contribution is 0.577. The average Bonchev–Trinajstić information content (AvgIpc) is 2.22. The highest BCUT2D eigenvalue weighted by Crippen LogP contribution is 2.15. The fourth-order valence-electron chi connectivity index (χ4n) is 1.24. The molecule has 0 spiro atoms. The molecule has 5 heteroatoms. The standard InChI is InChI=1S/C11H14FNO2S/c1-3-4-7-13-16(14,15)11-8-10(12)6-5-9(11)2/h3,5-6,8,13H,1,4,7H2,2H3. The Morgan fingerprint density at radius 2 is 2.19 bits per heavy atom. The average molecular weight is 243 g/mol. The molecule has 0 aliphatic heterocycles. The minimum absolute atomic E-state index is 0.0171. The van der Waals surface area contributed by atoms with E-state index < -0.39 is 15.8 Å². The van der Waals surface area contributed by atoms with Crippen LogP contribution in [0.1, 0.15) is 12.0 Å². The molecule has 0 heterocycles. The van der Waals surface area contributed by atoms with E-state index in [0.29, 0.717) is 12.0 Å². The summed E-state index contributed by atoms with van der Waals surface area (Å²) in [4.78, 5) is -0.0171. The molecule has 88 valence electrons. The number of aryl methyl sites for hydroxylation is 1. The number of rotatable bonds is 5. The molecular formula is C11H14FNO2S. The molecule has 1 aromatic carbocycles. The van der Waals surface area contributed by atoms with Gasteiger partial charge in [-0.25, -0.2) is 17.5 Å². The monoisotopic (exact) mass is 243 g/mol. The third kappa shape index (κ3) is 3.15. The van der Waals surface area contributed by atoms with E-state index in [0.717, 1.165) is 6.07 Å². The summed E-state index contributed by atoms with van der Waals surface area (Å²) < 4.78 is 38.9. The van der Waals surface area contributed by atoms with E-state index in [9.17, 15) is 12.8 Å². The Balaban J connectivity index is 2.97. The van der Waals surface area contributed by atoms with Gasteiger partial charge in [0.2, 0.25) is 10.0 Å². The molecule has 0 unspecified atom stereocenters. The zero-order valence-corrected chi connectivity index (χ0v) is 9.85. The zero-order valence-electron chi connectivity index (χ0n) is 9.03. The summed E-state index contributed by atoms with van der Waals surface area (Å²) in [6, 6.07) is 3.70. The maximum Gasteiger partial charge on any atom is 0.240 e. The second-order valence-electron chi connectivity index (χ2n) is 3.38. The van der Waals surface area contributed by atoms with E-state index >= 15 is 0 Å². The van der Waals surface area contributed by atoms with Gasteiger partial charge in [0.1, 0.15) is 5.82 Å². The number of hydrogen-bond acceptors (Lipinski definition) is 2. The van der Waals surface area contributed by atoms with Gasteiger partial charge in [0, 0.05) is 6.54 Å². The largest absolute Gasteiger partial charge is 0.240 e. The van der Waals surface area contributed by atoms with Gasteiger partial charge in [0.15, 0.2) is 0 Å². The molecule has 0 fully saturated rings. The highest BCUT2D eigenvalue weighted by Gasteiger charge is 2.16. The summed E-state index contributed by atoms with van der Waals surface area (Å²) in [5, 5.41) is 0. The van der Waals surface area contributed by atoms with Gasteiger partial charge >= 0.3 is 0 Å². The Morgan fingerprint density at radius 1 is 1.50 bits per heavy atom. The first-order valence-electron chi connectivity index (χ1n) is 4.84. The minimum atomic E-state index is -3.62.